The Hall–Kier alpha value is -8.96. The number of hydrogen-bond donors (Lipinski definition) is 0. The maximum Gasteiger partial charge on any atom is 0.129 e. The maximum atomic E-state index is 5.52. The van der Waals surface area contributed by atoms with Gasteiger partial charge in [-0.1, -0.05) is 279 Å². The predicted octanol–water partition coefficient (Wildman–Crippen LogP) is 28.0. The lowest BCUT2D eigenvalue weighted by Gasteiger charge is -2.21. The number of rotatable bonds is 14. The molecule has 0 N–H and O–H groups in total. The quantitative estimate of drug-likeness (QED) is 0.108. The van der Waals surface area contributed by atoms with Crippen molar-refractivity contribution in [2.75, 3.05) is 11.5 Å². The van der Waals surface area contributed by atoms with Crippen LogP contribution in [0.25, 0.3) is 134 Å². The average Bonchev–Trinajstić information content (AvgIpc) is 0.764. The van der Waals surface area contributed by atoms with Crippen LogP contribution >= 0.6 is 87.2 Å². The lowest BCUT2D eigenvalue weighted by molar-refractivity contribution is 1.44. The van der Waals surface area contributed by atoms with E-state index in [1.807, 2.05) is 0 Å². The molecule has 0 amide bonds. The summed E-state index contributed by atoms with van der Waals surface area (Å²) in [5, 5.41) is 1.71. The topological polar surface area (TPSA) is 24.7 Å². The van der Waals surface area contributed by atoms with E-state index in [9.17, 15) is 0 Å². The first-order chi connectivity index (χ1) is 47.2. The highest BCUT2D eigenvalue weighted by Gasteiger charge is 2.25. The Labute approximate surface area is 603 Å². The zero-order valence-electron chi connectivity index (χ0n) is 51.8. The van der Waals surface area contributed by atoms with Crippen LogP contribution in [0.3, 0.4) is 0 Å². The highest BCUT2D eigenvalue weighted by atomic mass is 79.9. The Bertz CT molecular complexity index is 4600. The zero-order chi connectivity index (χ0) is 64.9. The largest absolute Gasteiger partial charge is 0.237 e. The van der Waals surface area contributed by atoms with Crippen LogP contribution in [0.2, 0.25) is 0 Å². The molecule has 0 radical (unpaired) electrons. The van der Waals surface area contributed by atoms with Gasteiger partial charge in [0.15, 0.2) is 0 Å². The fourth-order valence-electron chi connectivity index (χ4n) is 12.7. The summed E-state index contributed by atoms with van der Waals surface area (Å²) < 4.78 is 3.44. The normalized spacial score (nSPS) is 13.1. The molecule has 1 heterocycles. The minimum Gasteiger partial charge on any atom is -0.237 e. The molecule has 0 saturated carbocycles. The number of thioether (sulfide) groups is 2. The van der Waals surface area contributed by atoms with Crippen LogP contribution in [0.15, 0.2) is 355 Å². The molecule has 1 aliphatic heterocycles. The zero-order valence-corrected chi connectivity index (χ0v) is 59.8. The summed E-state index contributed by atoms with van der Waals surface area (Å²) in [4.78, 5) is 11.0. The van der Waals surface area contributed by atoms with E-state index in [2.05, 4.69) is 391 Å². The Balaban J connectivity index is 0.837. The van der Waals surface area contributed by atoms with E-state index in [0.29, 0.717) is 0 Å². The van der Waals surface area contributed by atoms with Gasteiger partial charge in [0.2, 0.25) is 0 Å². The number of aliphatic imine (C=N–C) groups is 2. The van der Waals surface area contributed by atoms with E-state index in [1.165, 1.54) is 44.5 Å². The van der Waals surface area contributed by atoms with Gasteiger partial charge in [-0.15, -0.1) is 23.5 Å². The third kappa shape index (κ3) is 13.6. The molecule has 0 aliphatic carbocycles. The molecule has 8 heteroatoms. The van der Waals surface area contributed by atoms with Crippen molar-refractivity contribution in [2.45, 2.75) is 0 Å². The lowest BCUT2D eigenvalue weighted by atomic mass is 9.84. The molecule has 0 spiro atoms. The monoisotopic (exact) mass is 1520 g/mol. The van der Waals surface area contributed by atoms with E-state index >= 15 is 0 Å². The second kappa shape index (κ2) is 28.8. The van der Waals surface area contributed by atoms with Crippen LogP contribution in [0.5, 0.6) is 0 Å². The molecule has 14 aromatic rings. The third-order valence-corrected chi connectivity index (χ3v) is 22.2. The number of nitrogens with zero attached hydrogens (tertiary/aromatic N) is 2. The fourth-order valence-corrected chi connectivity index (χ4v) is 17.5. The van der Waals surface area contributed by atoms with Crippen molar-refractivity contribution in [1.82, 2.24) is 0 Å². The van der Waals surface area contributed by atoms with Crippen LogP contribution < -0.4 is 0 Å². The van der Waals surface area contributed by atoms with Gasteiger partial charge in [0, 0.05) is 29.4 Å². The number of benzene rings is 14. The lowest BCUT2D eigenvalue weighted by Crippen LogP contribution is -2.14. The Kier molecular flexibility index (Phi) is 18.9. The van der Waals surface area contributed by atoms with Crippen molar-refractivity contribution < 1.29 is 0 Å². The van der Waals surface area contributed by atoms with Gasteiger partial charge in [-0.25, -0.2) is 9.98 Å². The van der Waals surface area contributed by atoms with Gasteiger partial charge in [-0.05, 0) is 246 Å². The highest BCUT2D eigenvalue weighted by Crippen LogP contribution is 2.51. The molecule has 2 nitrogen and oxygen atoms in total. The van der Waals surface area contributed by atoms with Gasteiger partial charge in [0.25, 0.3) is 0 Å². The molecule has 0 atom stereocenters. The smallest absolute Gasteiger partial charge is 0.129 e. The molecule has 1 aliphatic rings. The van der Waals surface area contributed by atoms with Crippen LogP contribution in [-0.4, -0.2) is 21.6 Å². The maximum absolute atomic E-state index is 5.52. The molecule has 1 fully saturated rings. The SMILES string of the molecule is Brc1cc(-c2c(-c3ccc(-c4ccccc4)cc3)cc(-c3ccccc3)cc2-c2ccc(-c3ccccc3)cc2)cc(Br)c1N=C1SCCSC1=Nc1c(Br)cc(-c2c(-c3ccc(-c4ccccc4)cc3)cc(-c3ccccc3)cc2-c2ccc(-c3ccccc3)cc2)cc1Br. The van der Waals surface area contributed by atoms with Crippen molar-refractivity contribution in [1.29, 1.82) is 0 Å². The summed E-state index contributed by atoms with van der Waals surface area (Å²) >= 11 is 20.0. The van der Waals surface area contributed by atoms with Crippen molar-refractivity contribution in [3.63, 3.8) is 0 Å². The predicted molar refractivity (Wildman–Crippen MR) is 428 cm³/mol. The van der Waals surface area contributed by atoms with Crippen molar-refractivity contribution in [3.8, 4) is 134 Å². The second-order valence-electron chi connectivity index (χ2n) is 23.5. The van der Waals surface area contributed by atoms with Gasteiger partial charge in [-0.3, -0.25) is 0 Å². The first-order valence-corrected chi connectivity index (χ1v) is 36.9. The van der Waals surface area contributed by atoms with E-state index in [4.69, 9.17) is 9.98 Å². The second-order valence-corrected chi connectivity index (χ2v) is 29.1. The molecular formula is C88H58Br4N2S2. The molecule has 1 saturated heterocycles. The van der Waals surface area contributed by atoms with Gasteiger partial charge in [-0.2, -0.15) is 0 Å². The van der Waals surface area contributed by atoms with Gasteiger partial charge in [0.05, 0.1) is 11.4 Å². The third-order valence-electron chi connectivity index (χ3n) is 17.5. The van der Waals surface area contributed by atoms with Crippen LogP contribution in [0.1, 0.15) is 0 Å². The van der Waals surface area contributed by atoms with Gasteiger partial charge >= 0.3 is 0 Å². The van der Waals surface area contributed by atoms with Crippen LogP contribution in [0, 0.1) is 0 Å². The van der Waals surface area contributed by atoms with Crippen molar-refractivity contribution >= 4 is 109 Å². The highest BCUT2D eigenvalue weighted by molar-refractivity contribution is 9.11. The molecule has 14 aromatic carbocycles. The summed E-state index contributed by atoms with van der Waals surface area (Å²) in [6.45, 7) is 0. The summed E-state index contributed by atoms with van der Waals surface area (Å²) in [6, 6.07) is 118. The van der Waals surface area contributed by atoms with E-state index < -0.39 is 0 Å². The molecule has 0 unspecified atom stereocenters. The fraction of sp³-hybridized carbons (Fsp3) is 0.0227. The van der Waals surface area contributed by atoms with Gasteiger partial charge in [0.1, 0.15) is 10.1 Å². The standard InChI is InChI=1S/C88H58Br4N2S2/c89-79-53-73(83-75(67-39-31-63(32-40-67)57-19-7-1-8-20-57)49-71(61-27-15-5-16-28-61)50-76(83)68-41-33-64(34-42-68)58-21-9-2-10-22-58)54-80(90)85(79)93-87-88(96-48-47-95-87)94-86-81(91)55-74(56-82(86)92)84-77(69-43-35-65(36-44-69)59-23-11-3-12-24-59)51-72(62-29-17-6-18-30-62)52-78(84)70-45-37-66(38-46-70)60-25-13-4-14-26-60/h1-46,49-56H,47-48H2. The van der Waals surface area contributed by atoms with E-state index in [1.54, 1.807) is 23.5 Å². The van der Waals surface area contributed by atoms with E-state index in [0.717, 1.165) is 140 Å². The Morgan fingerprint density at radius 1 is 0.198 bits per heavy atom. The van der Waals surface area contributed by atoms with Gasteiger partial charge < -0.3 is 0 Å². The minimum absolute atomic E-state index is 0.793. The summed E-state index contributed by atoms with van der Waals surface area (Å²) in [6.07, 6.45) is 0. The molecule has 96 heavy (non-hydrogen) atoms. The Morgan fingerprint density at radius 3 is 0.604 bits per heavy atom. The van der Waals surface area contributed by atoms with Crippen LogP contribution in [0.4, 0.5) is 11.4 Å². The first kappa shape index (κ1) is 63.1. The van der Waals surface area contributed by atoms with Crippen molar-refractivity contribution in [3.05, 3.63) is 345 Å². The van der Waals surface area contributed by atoms with Crippen molar-refractivity contribution in [2.24, 2.45) is 9.98 Å². The van der Waals surface area contributed by atoms with Crippen LogP contribution in [-0.2, 0) is 0 Å². The number of halogens is 4. The average molecular weight is 1530 g/mol. The molecular weight excluding hydrogens is 1470 g/mol. The summed E-state index contributed by atoms with van der Waals surface area (Å²) in [5.74, 6) is 1.79. The molecule has 0 bridgehead atoms. The first-order valence-electron chi connectivity index (χ1n) is 31.8. The Morgan fingerprint density at radius 2 is 0.385 bits per heavy atom. The summed E-state index contributed by atoms with van der Waals surface area (Å²) in [7, 11) is 0. The summed E-state index contributed by atoms with van der Waals surface area (Å²) in [5.41, 5.74) is 28.8. The molecule has 15 rings (SSSR count). The minimum atomic E-state index is 0.793. The number of hydrogen-bond acceptors (Lipinski definition) is 4. The van der Waals surface area contributed by atoms with E-state index in [-0.39, 0.29) is 0 Å². The molecule has 460 valence electrons. The molecule has 0 aromatic heterocycles.